The summed E-state index contributed by atoms with van der Waals surface area (Å²) in [7, 11) is -3.82. The summed E-state index contributed by atoms with van der Waals surface area (Å²) < 4.78 is 107. The fourth-order valence-electron chi connectivity index (χ4n) is 5.38. The first-order valence-electron chi connectivity index (χ1n) is 14.0. The van der Waals surface area contributed by atoms with Crippen molar-refractivity contribution in [1.82, 2.24) is 15.0 Å². The average Bonchev–Trinajstić information content (AvgIpc) is 2.94. The highest BCUT2D eigenvalue weighted by molar-refractivity contribution is 7.90. The number of halogens is 6. The van der Waals surface area contributed by atoms with E-state index >= 15 is 0 Å². The predicted molar refractivity (Wildman–Crippen MR) is 152 cm³/mol. The van der Waals surface area contributed by atoms with Gasteiger partial charge in [0, 0.05) is 22.1 Å². The van der Waals surface area contributed by atoms with E-state index in [1.807, 2.05) is 6.92 Å². The highest BCUT2D eigenvalue weighted by Gasteiger charge is 2.43. The Morgan fingerprint density at radius 2 is 1.61 bits per heavy atom. The van der Waals surface area contributed by atoms with Crippen molar-refractivity contribution in [2.45, 2.75) is 70.3 Å². The Morgan fingerprint density at radius 1 is 0.955 bits per heavy atom. The van der Waals surface area contributed by atoms with Gasteiger partial charge >= 0.3 is 12.4 Å². The number of hydrogen-bond acceptors (Lipinski definition) is 5. The lowest BCUT2D eigenvalue weighted by atomic mass is 9.73. The van der Waals surface area contributed by atoms with Gasteiger partial charge in [-0.2, -0.15) is 26.3 Å². The van der Waals surface area contributed by atoms with Crippen LogP contribution in [0.25, 0.3) is 22.2 Å². The number of nitrogens with one attached hydrogen (secondary N) is 2. The molecule has 2 atom stereocenters. The molecule has 3 aromatic rings. The molecule has 238 valence electrons. The van der Waals surface area contributed by atoms with E-state index in [1.54, 1.807) is 6.92 Å². The van der Waals surface area contributed by atoms with Gasteiger partial charge in [-0.3, -0.25) is 14.3 Å². The summed E-state index contributed by atoms with van der Waals surface area (Å²) >= 11 is 0. The number of fused-ring (bicyclic) bond motifs is 1. The zero-order valence-electron chi connectivity index (χ0n) is 23.9. The number of aromatic nitrogens is 1. The fraction of sp³-hybridized carbons (Fsp3) is 0.433. The largest absolute Gasteiger partial charge is 0.416 e. The van der Waals surface area contributed by atoms with Crippen LogP contribution in [-0.4, -0.2) is 36.5 Å². The van der Waals surface area contributed by atoms with Gasteiger partial charge in [0.2, 0.25) is 15.9 Å². The van der Waals surface area contributed by atoms with Crippen molar-refractivity contribution in [3.8, 4) is 11.3 Å². The second-order valence-electron chi connectivity index (χ2n) is 11.2. The molecule has 1 aromatic heterocycles. The standard InChI is InChI=1S/C30H31F6N3O4S/c1-3-4-13-44(42,43)39-27(41)23-7-5-6-12-28(23,2)38-26(40)19-9-11-24-18(14-19)8-10-25(37-24)20-15-21(29(31,32)33)17-22(16-20)30(34,35)36/h8-11,14-17,23H,3-7,12-13H2,1-2H3,(H,38,40)(H,39,41)/t23?,28-/m0/s1. The van der Waals surface area contributed by atoms with E-state index in [2.05, 4.69) is 15.0 Å². The van der Waals surface area contributed by atoms with Crippen LogP contribution in [0.15, 0.2) is 48.5 Å². The molecule has 1 aliphatic carbocycles. The highest BCUT2D eigenvalue weighted by atomic mass is 32.2. The van der Waals surface area contributed by atoms with Crippen LogP contribution in [-0.2, 0) is 27.2 Å². The summed E-state index contributed by atoms with van der Waals surface area (Å²) in [6, 6.07) is 8.21. The van der Waals surface area contributed by atoms with Gasteiger partial charge in [-0.1, -0.05) is 32.3 Å². The SMILES string of the molecule is CCCCS(=O)(=O)NC(=O)C1CCCC[C@]1(C)NC(=O)c1ccc2nc(-c3cc(C(F)(F)F)cc(C(F)(F)F)c3)ccc2c1. The number of unbranched alkanes of at least 4 members (excludes halogenated alkanes) is 1. The molecule has 0 saturated heterocycles. The molecule has 1 aliphatic rings. The molecule has 1 unspecified atom stereocenters. The first-order chi connectivity index (χ1) is 20.4. The molecular formula is C30H31F6N3O4S. The van der Waals surface area contributed by atoms with Crippen LogP contribution >= 0.6 is 0 Å². The zero-order chi connectivity index (χ0) is 32.5. The number of alkyl halides is 6. The monoisotopic (exact) mass is 643 g/mol. The second kappa shape index (κ2) is 12.4. The Kier molecular flexibility index (Phi) is 9.34. The van der Waals surface area contributed by atoms with Crippen LogP contribution in [0.2, 0.25) is 0 Å². The molecule has 2 aromatic carbocycles. The molecule has 4 rings (SSSR count). The van der Waals surface area contributed by atoms with Gasteiger partial charge < -0.3 is 5.32 Å². The molecule has 44 heavy (non-hydrogen) atoms. The summed E-state index contributed by atoms with van der Waals surface area (Å²) in [5, 5.41) is 3.28. The lowest BCUT2D eigenvalue weighted by molar-refractivity contribution is -0.143. The minimum Gasteiger partial charge on any atom is -0.346 e. The Morgan fingerprint density at radius 3 is 2.23 bits per heavy atom. The fourth-order valence-corrected chi connectivity index (χ4v) is 6.59. The van der Waals surface area contributed by atoms with Gasteiger partial charge in [0.25, 0.3) is 5.91 Å². The minimum atomic E-state index is -5.01. The topological polar surface area (TPSA) is 105 Å². The molecule has 2 N–H and O–H groups in total. The molecule has 1 fully saturated rings. The van der Waals surface area contributed by atoms with Crippen LogP contribution in [0.4, 0.5) is 26.3 Å². The summed E-state index contributed by atoms with van der Waals surface area (Å²) in [6.45, 7) is 3.52. The van der Waals surface area contributed by atoms with Gasteiger partial charge in [-0.15, -0.1) is 0 Å². The van der Waals surface area contributed by atoms with Crippen LogP contribution < -0.4 is 10.0 Å². The normalized spacial score (nSPS) is 19.5. The molecule has 2 amide bonds. The number of sulfonamides is 1. The quantitative estimate of drug-likeness (QED) is 0.261. The summed E-state index contributed by atoms with van der Waals surface area (Å²) in [6.07, 6.45) is -6.78. The smallest absolute Gasteiger partial charge is 0.346 e. The number of rotatable bonds is 8. The van der Waals surface area contributed by atoms with Crippen molar-refractivity contribution < 1.29 is 44.3 Å². The minimum absolute atomic E-state index is 0.0435. The first kappa shape index (κ1) is 33.2. The molecule has 0 radical (unpaired) electrons. The van der Waals surface area contributed by atoms with Crippen LogP contribution in [0.3, 0.4) is 0 Å². The number of benzene rings is 2. The molecule has 0 aliphatic heterocycles. The Balaban J connectivity index is 1.58. The summed E-state index contributed by atoms with van der Waals surface area (Å²) in [5.74, 6) is -2.20. The number of amides is 2. The van der Waals surface area contributed by atoms with Crippen molar-refractivity contribution in [3.63, 3.8) is 0 Å². The van der Waals surface area contributed by atoms with Crippen molar-refractivity contribution in [1.29, 1.82) is 0 Å². The van der Waals surface area contributed by atoms with E-state index in [4.69, 9.17) is 0 Å². The Hall–Kier alpha value is -3.68. The molecule has 7 nitrogen and oxygen atoms in total. The number of carbonyl (C=O) groups excluding carboxylic acids is 2. The molecule has 14 heteroatoms. The Labute approximate surface area is 250 Å². The highest BCUT2D eigenvalue weighted by Crippen LogP contribution is 2.39. The van der Waals surface area contributed by atoms with Gasteiger partial charge in [0.05, 0.1) is 34.0 Å². The van der Waals surface area contributed by atoms with Crippen molar-refractivity contribution in [2.75, 3.05) is 5.75 Å². The van der Waals surface area contributed by atoms with E-state index in [9.17, 15) is 44.3 Å². The lowest BCUT2D eigenvalue weighted by Gasteiger charge is -2.41. The third-order valence-corrected chi connectivity index (χ3v) is 9.12. The van der Waals surface area contributed by atoms with E-state index < -0.39 is 56.8 Å². The molecule has 1 saturated carbocycles. The third kappa shape index (κ3) is 7.69. The van der Waals surface area contributed by atoms with Crippen LogP contribution in [0.1, 0.15) is 73.9 Å². The number of pyridine rings is 1. The summed E-state index contributed by atoms with van der Waals surface area (Å²) in [5.41, 5.74) is -4.06. The molecule has 0 spiro atoms. The van der Waals surface area contributed by atoms with Gasteiger partial charge in [0.15, 0.2) is 0 Å². The van der Waals surface area contributed by atoms with E-state index in [1.165, 1.54) is 30.3 Å². The van der Waals surface area contributed by atoms with Crippen LogP contribution in [0, 0.1) is 5.92 Å². The van der Waals surface area contributed by atoms with Crippen molar-refractivity contribution in [2.24, 2.45) is 5.92 Å². The molecule has 0 bridgehead atoms. The van der Waals surface area contributed by atoms with Crippen molar-refractivity contribution in [3.05, 3.63) is 65.2 Å². The average molecular weight is 644 g/mol. The van der Waals surface area contributed by atoms with Gasteiger partial charge in [-0.25, -0.2) is 13.4 Å². The zero-order valence-corrected chi connectivity index (χ0v) is 24.7. The molecule has 1 heterocycles. The first-order valence-corrected chi connectivity index (χ1v) is 15.6. The lowest BCUT2D eigenvalue weighted by Crippen LogP contribution is -2.58. The summed E-state index contributed by atoms with van der Waals surface area (Å²) in [4.78, 5) is 30.6. The van der Waals surface area contributed by atoms with Crippen molar-refractivity contribution >= 4 is 32.7 Å². The second-order valence-corrected chi connectivity index (χ2v) is 13.0. The number of nitrogens with zero attached hydrogens (tertiary/aromatic N) is 1. The van der Waals surface area contributed by atoms with E-state index in [0.29, 0.717) is 56.0 Å². The van der Waals surface area contributed by atoms with E-state index in [-0.39, 0.29) is 34.2 Å². The maximum atomic E-state index is 13.3. The Bertz CT molecular complexity index is 1640. The van der Waals surface area contributed by atoms with Gasteiger partial charge in [-0.05, 0) is 68.7 Å². The van der Waals surface area contributed by atoms with Gasteiger partial charge in [0.1, 0.15) is 0 Å². The van der Waals surface area contributed by atoms with Crippen LogP contribution in [0.5, 0.6) is 0 Å². The maximum Gasteiger partial charge on any atom is 0.416 e. The number of hydrogen-bond donors (Lipinski definition) is 2. The number of carbonyl (C=O) groups is 2. The third-order valence-electron chi connectivity index (χ3n) is 7.78. The maximum absolute atomic E-state index is 13.3. The molecular weight excluding hydrogens is 612 g/mol. The predicted octanol–water partition coefficient (Wildman–Crippen LogP) is 6.86. The van der Waals surface area contributed by atoms with E-state index in [0.717, 1.165) is 0 Å².